The van der Waals surface area contributed by atoms with E-state index in [0.717, 1.165) is 22.6 Å². The number of hydrogen-bond donors (Lipinski definition) is 3. The van der Waals surface area contributed by atoms with Crippen LogP contribution in [0.5, 0.6) is 0 Å². The van der Waals surface area contributed by atoms with Crippen molar-refractivity contribution >= 4 is 29.6 Å². The van der Waals surface area contributed by atoms with E-state index >= 15 is 0 Å². The van der Waals surface area contributed by atoms with Crippen LogP contribution in [0.3, 0.4) is 0 Å². The van der Waals surface area contributed by atoms with Crippen molar-refractivity contribution in [1.82, 2.24) is 24.3 Å². The molecule has 0 amide bonds. The minimum absolute atomic E-state index is 0.0123. The molecule has 11 nitrogen and oxygen atoms in total. The molecule has 3 heterocycles. The summed E-state index contributed by atoms with van der Waals surface area (Å²) in [5.41, 5.74) is 6.55. The number of pyridine rings is 1. The minimum Gasteiger partial charge on any atom is -0.397 e. The third kappa shape index (κ3) is 4.74. The van der Waals surface area contributed by atoms with Gasteiger partial charge in [-0.25, -0.2) is 23.6 Å². The number of benzene rings is 2. The topological polar surface area (TPSA) is 158 Å². The second kappa shape index (κ2) is 10.1. The van der Waals surface area contributed by atoms with E-state index in [1.54, 1.807) is 4.57 Å². The van der Waals surface area contributed by atoms with Crippen molar-refractivity contribution in [2.24, 2.45) is 5.73 Å². The third-order valence-corrected chi connectivity index (χ3v) is 7.92. The maximum atomic E-state index is 14.8. The number of fused-ring (bicyclic) bond motifs is 2. The van der Waals surface area contributed by atoms with Crippen LogP contribution in [-0.4, -0.2) is 34.1 Å². The maximum Gasteiger partial charge on any atom is 0.470 e. The van der Waals surface area contributed by atoms with Gasteiger partial charge in [0, 0.05) is 18.3 Å². The fourth-order valence-corrected chi connectivity index (χ4v) is 6.11. The molecule has 1 aliphatic carbocycles. The lowest BCUT2D eigenvalue weighted by Crippen LogP contribution is -2.30. The second-order valence-corrected chi connectivity index (χ2v) is 11.4. The number of phosphoric acid groups is 1. The highest BCUT2D eigenvalue weighted by Crippen LogP contribution is 2.51. The van der Waals surface area contributed by atoms with Crippen molar-refractivity contribution < 1.29 is 23.3 Å². The number of rotatable bonds is 6. The predicted octanol–water partition coefficient (Wildman–Crippen LogP) is 4.20. The van der Waals surface area contributed by atoms with Gasteiger partial charge in [0.05, 0.1) is 28.7 Å². The summed E-state index contributed by atoms with van der Waals surface area (Å²) in [4.78, 5) is 42.0. The molecule has 13 heteroatoms. The number of aromatic nitrogens is 5. The summed E-state index contributed by atoms with van der Waals surface area (Å²) >= 11 is 0. The van der Waals surface area contributed by atoms with Crippen LogP contribution in [0, 0.1) is 13.8 Å². The van der Waals surface area contributed by atoms with Crippen LogP contribution >= 0.6 is 7.82 Å². The van der Waals surface area contributed by atoms with E-state index < -0.39 is 19.3 Å². The van der Waals surface area contributed by atoms with E-state index in [4.69, 9.17) is 10.3 Å². The van der Waals surface area contributed by atoms with E-state index in [1.165, 1.54) is 23.3 Å². The Morgan fingerprint density at radius 2 is 1.90 bits per heavy atom. The first-order valence-electron chi connectivity index (χ1n) is 13.0. The second-order valence-electron chi connectivity index (χ2n) is 10.2. The average molecular weight is 589 g/mol. The molecular weight excluding hydrogens is 562 g/mol. The quantitative estimate of drug-likeness (QED) is 0.247. The number of aryl methyl sites for hydroxylation is 2. The summed E-state index contributed by atoms with van der Waals surface area (Å²) in [6.45, 7) is 3.82. The van der Waals surface area contributed by atoms with Gasteiger partial charge in [0.2, 0.25) is 0 Å². The lowest BCUT2D eigenvalue weighted by molar-refractivity contribution is 0.0677. The standard InChI is InChI=1S/C29H26FN6O5P/c1-17-6-3-4-9-24(17)36-20(12-19-8-5-7-18(2)25(19)28(36)37)15-35-27-21(14-32-16-33-27)26(34-35)29(41-42(38,39)40)11-10-23(31)22(30)13-29/h3-10,12-14,16H,11,15,31H2,1-2H3,(H2,38,39,40). The van der Waals surface area contributed by atoms with Crippen molar-refractivity contribution in [1.29, 1.82) is 0 Å². The Labute approximate surface area is 238 Å². The number of hydrogen-bond acceptors (Lipinski definition) is 7. The molecule has 2 aromatic carbocycles. The normalized spacial score (nSPS) is 17.5. The summed E-state index contributed by atoms with van der Waals surface area (Å²) in [6.07, 6.45) is 4.69. The zero-order valence-electron chi connectivity index (χ0n) is 22.6. The first-order valence-corrected chi connectivity index (χ1v) is 14.5. The van der Waals surface area contributed by atoms with E-state index in [2.05, 4.69) is 15.1 Å². The molecule has 1 aliphatic rings. The summed E-state index contributed by atoms with van der Waals surface area (Å²) in [5.74, 6) is -0.910. The van der Waals surface area contributed by atoms with Gasteiger partial charge in [-0.05, 0) is 48.6 Å². The Kier molecular flexibility index (Phi) is 6.66. The summed E-state index contributed by atoms with van der Waals surface area (Å²) in [6, 6.07) is 15.0. The van der Waals surface area contributed by atoms with Crippen molar-refractivity contribution in [3.8, 4) is 5.69 Å². The largest absolute Gasteiger partial charge is 0.470 e. The van der Waals surface area contributed by atoms with Crippen LogP contribution in [0.1, 0.15) is 28.9 Å². The molecular formula is C29H26FN6O5P. The van der Waals surface area contributed by atoms with E-state index in [1.807, 2.05) is 62.4 Å². The predicted molar refractivity (Wildman–Crippen MR) is 154 cm³/mol. The van der Waals surface area contributed by atoms with Gasteiger partial charge in [-0.3, -0.25) is 13.9 Å². The molecule has 1 unspecified atom stereocenters. The molecule has 3 aromatic heterocycles. The first-order chi connectivity index (χ1) is 20.0. The van der Waals surface area contributed by atoms with Gasteiger partial charge in [-0.15, -0.1) is 0 Å². The minimum atomic E-state index is -5.16. The van der Waals surface area contributed by atoms with Crippen molar-refractivity contribution in [2.45, 2.75) is 32.4 Å². The van der Waals surface area contributed by atoms with Crippen LogP contribution in [0.15, 0.2) is 89.5 Å². The monoisotopic (exact) mass is 588 g/mol. The molecule has 4 N–H and O–H groups in total. The Morgan fingerprint density at radius 3 is 2.64 bits per heavy atom. The molecule has 0 saturated carbocycles. The SMILES string of the molecule is Cc1ccccc1-n1c(Cn2nc(C3(OP(=O)(O)O)C=C(F)C(N)=CC3)c3cncnc32)cc2cccc(C)c2c1=O. The lowest BCUT2D eigenvalue weighted by Gasteiger charge is -2.31. The highest BCUT2D eigenvalue weighted by Gasteiger charge is 2.44. The van der Waals surface area contributed by atoms with Gasteiger partial charge >= 0.3 is 7.82 Å². The van der Waals surface area contributed by atoms with Gasteiger partial charge in [0.15, 0.2) is 5.65 Å². The summed E-state index contributed by atoms with van der Waals surface area (Å²) < 4.78 is 35.2. The molecule has 214 valence electrons. The van der Waals surface area contributed by atoms with Crippen LogP contribution in [0.25, 0.3) is 27.5 Å². The van der Waals surface area contributed by atoms with Crippen molar-refractivity contribution in [2.75, 3.05) is 0 Å². The van der Waals surface area contributed by atoms with Gasteiger partial charge in [0.1, 0.15) is 23.4 Å². The number of halogens is 1. The molecule has 5 aromatic rings. The number of phosphoric ester groups is 1. The fourth-order valence-electron chi connectivity index (χ4n) is 5.47. The van der Waals surface area contributed by atoms with Crippen molar-refractivity contribution in [3.63, 3.8) is 0 Å². The fraction of sp³-hybridized carbons (Fsp3) is 0.172. The zero-order valence-corrected chi connectivity index (χ0v) is 23.5. The molecule has 1 atom stereocenters. The Balaban J connectivity index is 1.60. The molecule has 0 saturated heterocycles. The van der Waals surface area contributed by atoms with Gasteiger partial charge in [-0.2, -0.15) is 5.10 Å². The molecule has 6 rings (SSSR count). The molecule has 42 heavy (non-hydrogen) atoms. The Hall–Kier alpha value is -4.48. The maximum absolute atomic E-state index is 14.8. The molecule has 0 aliphatic heterocycles. The Morgan fingerprint density at radius 1 is 1.14 bits per heavy atom. The number of nitrogens with two attached hydrogens (primary N) is 1. The van der Waals surface area contributed by atoms with Crippen LogP contribution in [-0.2, 0) is 21.2 Å². The highest BCUT2D eigenvalue weighted by atomic mass is 31.2. The molecule has 0 bridgehead atoms. The average Bonchev–Trinajstić information content (AvgIpc) is 3.30. The smallest absolute Gasteiger partial charge is 0.397 e. The summed E-state index contributed by atoms with van der Waals surface area (Å²) in [5, 5.41) is 6.26. The Bertz CT molecular complexity index is 2060. The van der Waals surface area contributed by atoms with Crippen LogP contribution in [0.4, 0.5) is 4.39 Å². The van der Waals surface area contributed by atoms with Crippen LogP contribution < -0.4 is 11.3 Å². The number of allylic oxidation sites excluding steroid dienone is 1. The zero-order chi connectivity index (χ0) is 29.8. The van der Waals surface area contributed by atoms with Crippen LogP contribution in [0.2, 0.25) is 0 Å². The summed E-state index contributed by atoms with van der Waals surface area (Å²) in [7, 11) is -5.16. The van der Waals surface area contributed by atoms with Gasteiger partial charge < -0.3 is 15.5 Å². The first kappa shape index (κ1) is 27.7. The van der Waals surface area contributed by atoms with E-state index in [-0.39, 0.29) is 40.9 Å². The molecule has 0 spiro atoms. The number of nitrogens with zero attached hydrogens (tertiary/aromatic N) is 5. The van der Waals surface area contributed by atoms with E-state index in [9.17, 15) is 23.5 Å². The van der Waals surface area contributed by atoms with Gasteiger partial charge in [-0.1, -0.05) is 42.5 Å². The highest BCUT2D eigenvalue weighted by molar-refractivity contribution is 7.46. The van der Waals surface area contributed by atoms with Crippen molar-refractivity contribution in [3.05, 3.63) is 118 Å². The third-order valence-electron chi connectivity index (χ3n) is 7.35. The van der Waals surface area contributed by atoms with Gasteiger partial charge in [0.25, 0.3) is 5.56 Å². The molecule has 0 radical (unpaired) electrons. The number of para-hydroxylation sites is 1. The molecule has 0 fully saturated rings. The lowest BCUT2D eigenvalue weighted by atomic mass is 9.89. The van der Waals surface area contributed by atoms with E-state index in [0.29, 0.717) is 16.8 Å².